The summed E-state index contributed by atoms with van der Waals surface area (Å²) in [5.41, 5.74) is 5.45. The Kier molecular flexibility index (Phi) is 29.7. The van der Waals surface area contributed by atoms with Gasteiger partial charge < -0.3 is 20.9 Å². The van der Waals surface area contributed by atoms with E-state index in [-0.39, 0.29) is 18.0 Å². The fourth-order valence-electron chi connectivity index (χ4n) is 5.01. The summed E-state index contributed by atoms with van der Waals surface area (Å²) in [4.78, 5) is 35.9. The van der Waals surface area contributed by atoms with E-state index in [0.29, 0.717) is 38.6 Å². The van der Waals surface area contributed by atoms with Crippen LogP contribution >= 0.6 is 0 Å². The van der Waals surface area contributed by atoms with Crippen molar-refractivity contribution in [3.05, 3.63) is 24.3 Å². The molecular weight excluding hydrogens is 540 g/mol. The summed E-state index contributed by atoms with van der Waals surface area (Å²) in [7, 11) is 0. The highest BCUT2D eigenvalue weighted by Crippen LogP contribution is 2.15. The van der Waals surface area contributed by atoms with Gasteiger partial charge in [-0.2, -0.15) is 0 Å². The zero-order chi connectivity index (χ0) is 31.8. The molecular formula is C36H66N2O5. The highest BCUT2D eigenvalue weighted by atomic mass is 16.5. The lowest BCUT2D eigenvalue weighted by Gasteiger charge is -2.15. The molecule has 0 heterocycles. The molecule has 7 nitrogen and oxygen atoms in total. The van der Waals surface area contributed by atoms with E-state index in [2.05, 4.69) is 37.4 Å². The number of esters is 1. The second kappa shape index (κ2) is 31.3. The quantitative estimate of drug-likeness (QED) is 0.0412. The van der Waals surface area contributed by atoms with Crippen LogP contribution in [0, 0.1) is 0 Å². The van der Waals surface area contributed by atoms with Gasteiger partial charge in [0, 0.05) is 12.8 Å². The number of carboxylic acids is 1. The van der Waals surface area contributed by atoms with Crippen molar-refractivity contribution in [2.75, 3.05) is 6.54 Å². The van der Waals surface area contributed by atoms with Crippen molar-refractivity contribution in [2.45, 2.75) is 180 Å². The van der Waals surface area contributed by atoms with Gasteiger partial charge in [0.1, 0.15) is 12.1 Å². The van der Waals surface area contributed by atoms with E-state index >= 15 is 0 Å². The molecule has 2 unspecified atom stereocenters. The highest BCUT2D eigenvalue weighted by molar-refractivity contribution is 5.83. The fourth-order valence-corrected chi connectivity index (χ4v) is 5.01. The Hall–Kier alpha value is -2.15. The predicted octanol–water partition coefficient (Wildman–Crippen LogP) is 8.94. The van der Waals surface area contributed by atoms with Crippen LogP contribution in [0.3, 0.4) is 0 Å². The van der Waals surface area contributed by atoms with Crippen molar-refractivity contribution in [3.8, 4) is 0 Å². The van der Waals surface area contributed by atoms with Crippen LogP contribution in [0.1, 0.15) is 168 Å². The van der Waals surface area contributed by atoms with Gasteiger partial charge in [-0.1, -0.05) is 103 Å². The molecule has 0 aromatic rings. The maximum absolute atomic E-state index is 12.5. The zero-order valence-corrected chi connectivity index (χ0v) is 27.8. The van der Waals surface area contributed by atoms with Gasteiger partial charge in [0.2, 0.25) is 5.91 Å². The third-order valence-corrected chi connectivity index (χ3v) is 7.70. The molecule has 0 radical (unpaired) electrons. The van der Waals surface area contributed by atoms with Crippen LogP contribution < -0.4 is 11.1 Å². The number of ether oxygens (including phenoxy) is 1. The molecule has 0 aromatic carbocycles. The minimum Gasteiger partial charge on any atom is -0.480 e. The second-order valence-corrected chi connectivity index (χ2v) is 11.9. The standard InChI is InChI=1S/C36H66N2O5/c1-3-5-7-8-9-10-11-12-13-14-15-16-17-18-24-30-35(40)43-32(26-21-6-4-2)27-22-19-20-23-29-34(39)38-33(36(41)42)28-25-31-37/h12-13,21,26,32-33H,3-11,14-20,22-25,27-31,37H2,1-2H3,(H,38,39)(H,41,42)/b13-12-,26-21-. The van der Waals surface area contributed by atoms with Crippen molar-refractivity contribution >= 4 is 17.8 Å². The van der Waals surface area contributed by atoms with E-state index in [1.54, 1.807) is 0 Å². The van der Waals surface area contributed by atoms with Gasteiger partial charge in [0.15, 0.2) is 0 Å². The maximum atomic E-state index is 12.5. The first-order valence-corrected chi connectivity index (χ1v) is 17.7. The first-order valence-electron chi connectivity index (χ1n) is 17.7. The smallest absolute Gasteiger partial charge is 0.326 e. The van der Waals surface area contributed by atoms with E-state index in [1.807, 2.05) is 6.08 Å². The van der Waals surface area contributed by atoms with E-state index < -0.39 is 12.0 Å². The number of allylic oxidation sites excluding steroid dienone is 3. The average molecular weight is 607 g/mol. The third-order valence-electron chi connectivity index (χ3n) is 7.70. The molecule has 4 N–H and O–H groups in total. The molecule has 0 aliphatic rings. The number of nitrogens with two attached hydrogens (primary N) is 1. The Morgan fingerprint density at radius 2 is 1.26 bits per heavy atom. The van der Waals surface area contributed by atoms with Gasteiger partial charge in [-0.15, -0.1) is 0 Å². The van der Waals surface area contributed by atoms with E-state index in [9.17, 15) is 19.5 Å². The number of carbonyl (C=O) groups excluding carboxylic acids is 2. The van der Waals surface area contributed by atoms with Crippen molar-refractivity contribution in [1.29, 1.82) is 0 Å². The number of amides is 1. The SMILES string of the molecule is CCC/C=C\C(CCCCCCC(=O)NC(CCCN)C(=O)O)OC(=O)CCCCCCC/C=C\CCCCCCCC. The molecule has 0 rings (SSSR count). The summed E-state index contributed by atoms with van der Waals surface area (Å²) in [5.74, 6) is -1.35. The van der Waals surface area contributed by atoms with Gasteiger partial charge in [-0.05, 0) is 83.2 Å². The summed E-state index contributed by atoms with van der Waals surface area (Å²) in [6.45, 7) is 4.79. The van der Waals surface area contributed by atoms with Gasteiger partial charge in [-0.25, -0.2) is 4.79 Å². The van der Waals surface area contributed by atoms with Crippen LogP contribution in [0.4, 0.5) is 0 Å². The normalized spacial score (nSPS) is 13.0. The molecule has 0 bridgehead atoms. The molecule has 0 saturated heterocycles. The molecule has 43 heavy (non-hydrogen) atoms. The molecule has 1 amide bonds. The Bertz CT molecular complexity index is 737. The molecule has 0 aromatic heterocycles. The van der Waals surface area contributed by atoms with Gasteiger partial charge in [-0.3, -0.25) is 9.59 Å². The topological polar surface area (TPSA) is 119 Å². The third kappa shape index (κ3) is 28.4. The summed E-state index contributed by atoms with van der Waals surface area (Å²) < 4.78 is 5.80. The second-order valence-electron chi connectivity index (χ2n) is 11.9. The molecule has 250 valence electrons. The van der Waals surface area contributed by atoms with Crippen LogP contribution in [-0.4, -0.2) is 41.6 Å². The largest absolute Gasteiger partial charge is 0.480 e. The number of hydrogen-bond donors (Lipinski definition) is 3. The van der Waals surface area contributed by atoms with E-state index in [1.165, 1.54) is 64.2 Å². The van der Waals surface area contributed by atoms with Gasteiger partial charge >= 0.3 is 11.9 Å². The summed E-state index contributed by atoms with van der Waals surface area (Å²) in [6, 6.07) is -0.867. The van der Waals surface area contributed by atoms with Crippen LogP contribution in [-0.2, 0) is 19.1 Å². The Morgan fingerprint density at radius 3 is 1.86 bits per heavy atom. The number of aliphatic carboxylic acids is 1. The van der Waals surface area contributed by atoms with E-state index in [0.717, 1.165) is 57.8 Å². The van der Waals surface area contributed by atoms with Crippen LogP contribution in [0.5, 0.6) is 0 Å². The van der Waals surface area contributed by atoms with Crippen LogP contribution in [0.25, 0.3) is 0 Å². The minimum atomic E-state index is -1.02. The number of carboxylic acid groups (broad SMARTS) is 1. The predicted molar refractivity (Wildman–Crippen MR) is 179 cm³/mol. The first kappa shape index (κ1) is 40.9. The number of rotatable bonds is 31. The monoisotopic (exact) mass is 606 g/mol. The molecule has 2 atom stereocenters. The maximum Gasteiger partial charge on any atom is 0.326 e. The lowest BCUT2D eigenvalue weighted by atomic mass is 10.1. The number of nitrogens with one attached hydrogen (secondary N) is 1. The molecule has 0 fully saturated rings. The number of hydrogen-bond acceptors (Lipinski definition) is 5. The Labute approximate surface area is 263 Å². The van der Waals surface area contributed by atoms with Gasteiger partial charge in [0.05, 0.1) is 0 Å². The average Bonchev–Trinajstić information content (AvgIpc) is 2.98. The Balaban J connectivity index is 4.02. The molecule has 7 heteroatoms. The molecule has 0 aliphatic carbocycles. The fraction of sp³-hybridized carbons (Fsp3) is 0.806. The van der Waals surface area contributed by atoms with E-state index in [4.69, 9.17) is 10.5 Å². The molecule has 0 spiro atoms. The lowest BCUT2D eigenvalue weighted by Crippen LogP contribution is -2.40. The van der Waals surface area contributed by atoms with Crippen LogP contribution in [0.2, 0.25) is 0 Å². The zero-order valence-electron chi connectivity index (χ0n) is 27.8. The summed E-state index contributed by atoms with van der Waals surface area (Å²) >= 11 is 0. The number of unbranched alkanes of at least 4 members (excludes halogenated alkanes) is 15. The number of carbonyl (C=O) groups is 3. The lowest BCUT2D eigenvalue weighted by molar-refractivity contribution is -0.147. The van der Waals surface area contributed by atoms with Crippen molar-refractivity contribution < 1.29 is 24.2 Å². The van der Waals surface area contributed by atoms with Crippen LogP contribution in [0.15, 0.2) is 24.3 Å². The Morgan fingerprint density at radius 1 is 0.674 bits per heavy atom. The minimum absolute atomic E-state index is 0.108. The van der Waals surface area contributed by atoms with Crippen molar-refractivity contribution in [3.63, 3.8) is 0 Å². The summed E-state index contributed by atoms with van der Waals surface area (Å²) in [6.07, 6.45) is 32.7. The van der Waals surface area contributed by atoms with Crippen molar-refractivity contribution in [1.82, 2.24) is 5.32 Å². The highest BCUT2D eigenvalue weighted by Gasteiger charge is 2.18. The first-order chi connectivity index (χ1) is 20.9. The summed E-state index contributed by atoms with van der Waals surface area (Å²) in [5, 5.41) is 11.8. The van der Waals surface area contributed by atoms with Gasteiger partial charge in [0.25, 0.3) is 0 Å². The molecule has 0 aliphatic heterocycles. The molecule has 0 saturated carbocycles. The van der Waals surface area contributed by atoms with Crippen molar-refractivity contribution in [2.24, 2.45) is 5.73 Å².